The zero-order chi connectivity index (χ0) is 37.2. The molecule has 0 amide bonds. The summed E-state index contributed by atoms with van der Waals surface area (Å²) in [6.07, 6.45) is -3.92. The number of ether oxygens (including phenoxy) is 9. The molecule has 4 aromatic rings. The van der Waals surface area contributed by atoms with E-state index in [1.165, 1.54) is 21.2 Å². The summed E-state index contributed by atoms with van der Waals surface area (Å²) < 4.78 is 57.3. The zero-order valence-electron chi connectivity index (χ0n) is 31.3. The van der Waals surface area contributed by atoms with Crippen LogP contribution in [0.1, 0.15) is 0 Å². The van der Waals surface area contributed by atoms with Gasteiger partial charge in [0.05, 0.1) is 12.2 Å². The van der Waals surface area contributed by atoms with Crippen LogP contribution in [-0.2, 0) is 42.6 Å². The third-order valence-corrected chi connectivity index (χ3v) is 15.3. The van der Waals surface area contributed by atoms with E-state index in [1.54, 1.807) is 42.7 Å². The minimum absolute atomic E-state index is 0.283. The molecule has 0 aromatic heterocycles. The fourth-order valence-corrected chi connectivity index (χ4v) is 12.6. The summed E-state index contributed by atoms with van der Waals surface area (Å²) in [5, 5.41) is 4.97. The highest BCUT2D eigenvalue weighted by molar-refractivity contribution is 7.73. The molecule has 11 heteroatoms. The smallest absolute Gasteiger partial charge is 0.189 e. The number of hydrogen-bond donors (Lipinski definition) is 0. The summed E-state index contributed by atoms with van der Waals surface area (Å²) in [5.74, 6) is -0.283. The van der Waals surface area contributed by atoms with Gasteiger partial charge in [-0.25, -0.2) is 0 Å². The zero-order valence-corrected chi connectivity index (χ0v) is 33.1. The van der Waals surface area contributed by atoms with Gasteiger partial charge in [-0.15, -0.1) is 0 Å². The van der Waals surface area contributed by atoms with E-state index >= 15 is 0 Å². The van der Waals surface area contributed by atoms with Gasteiger partial charge in [-0.1, -0.05) is 121 Å². The van der Waals surface area contributed by atoms with Gasteiger partial charge in [0.1, 0.15) is 24.4 Å². The van der Waals surface area contributed by atoms with Crippen molar-refractivity contribution in [2.24, 2.45) is 5.92 Å². The first-order chi connectivity index (χ1) is 26.0. The molecule has 2 aliphatic heterocycles. The molecular weight excluding hydrogens is 710 g/mol. The third kappa shape index (κ3) is 9.27. The fourth-order valence-electron chi connectivity index (χ4n) is 7.54. The molecular formula is C42H52O9P2. The summed E-state index contributed by atoms with van der Waals surface area (Å²) in [6, 6.07) is 42.3. The Morgan fingerprint density at radius 3 is 1.19 bits per heavy atom. The molecule has 10 atom stereocenters. The lowest BCUT2D eigenvalue weighted by Gasteiger charge is -2.49. The van der Waals surface area contributed by atoms with Crippen LogP contribution in [0.25, 0.3) is 0 Å². The van der Waals surface area contributed by atoms with Crippen molar-refractivity contribution < 1.29 is 42.6 Å². The molecule has 0 spiro atoms. The van der Waals surface area contributed by atoms with Gasteiger partial charge in [-0.2, -0.15) is 0 Å². The maximum atomic E-state index is 7.02. The lowest BCUT2D eigenvalue weighted by Crippen LogP contribution is -2.64. The van der Waals surface area contributed by atoms with Crippen molar-refractivity contribution >= 4 is 37.1 Å². The molecule has 284 valence electrons. The van der Waals surface area contributed by atoms with Crippen molar-refractivity contribution in [2.75, 3.05) is 55.0 Å². The molecule has 6 rings (SSSR count). The molecule has 4 aromatic carbocycles. The Kier molecular flexibility index (Phi) is 15.0. The number of methoxy groups -OCH3 is 6. The van der Waals surface area contributed by atoms with Crippen LogP contribution in [0, 0.1) is 5.92 Å². The monoisotopic (exact) mass is 762 g/mol. The van der Waals surface area contributed by atoms with Crippen LogP contribution in [-0.4, -0.2) is 110 Å². The summed E-state index contributed by atoms with van der Waals surface area (Å²) in [5.41, 5.74) is 0. The molecule has 0 N–H and O–H groups in total. The highest BCUT2D eigenvalue weighted by atomic mass is 31.1. The van der Waals surface area contributed by atoms with Gasteiger partial charge >= 0.3 is 0 Å². The average Bonchev–Trinajstić information content (AvgIpc) is 3.22. The van der Waals surface area contributed by atoms with Crippen LogP contribution in [0.3, 0.4) is 0 Å². The molecule has 0 bridgehead atoms. The van der Waals surface area contributed by atoms with E-state index in [0.29, 0.717) is 12.3 Å². The number of hydrogen-bond acceptors (Lipinski definition) is 9. The minimum atomic E-state index is -0.869. The molecule has 9 nitrogen and oxygen atoms in total. The van der Waals surface area contributed by atoms with Crippen molar-refractivity contribution in [1.82, 2.24) is 0 Å². The Bertz CT molecular complexity index is 1540. The lowest BCUT2D eigenvalue weighted by molar-refractivity contribution is -0.391. The molecule has 0 aliphatic carbocycles. The third-order valence-electron chi connectivity index (χ3n) is 10.1. The molecule has 2 aliphatic rings. The summed E-state index contributed by atoms with van der Waals surface area (Å²) in [6.45, 7) is 0. The first kappa shape index (κ1) is 40.1. The van der Waals surface area contributed by atoms with E-state index < -0.39 is 71.3 Å². The summed E-state index contributed by atoms with van der Waals surface area (Å²) >= 11 is 0. The summed E-state index contributed by atoms with van der Waals surface area (Å²) in [4.78, 5) is 0. The lowest BCUT2D eigenvalue weighted by atomic mass is 9.94. The van der Waals surface area contributed by atoms with Crippen LogP contribution >= 0.6 is 15.8 Å². The van der Waals surface area contributed by atoms with Crippen molar-refractivity contribution in [3.8, 4) is 0 Å². The van der Waals surface area contributed by atoms with Gasteiger partial charge in [-0.3, -0.25) is 0 Å². The standard InChI is InChI=1S/C42H52O9P2/c1-43-35-33(27-52(29-19-11-7-12-20-29)30-21-13-8-14-22-30)40(50-41(48-6)38(35)46-4)51-42-39(47-5)37(45-3)36(44-2)34(49-42)28-53(31-23-15-9-16-24-31)32-25-17-10-18-26-32/h7-26,33-42H,27-28H2,1-6H3/t33-,34+,35-,36+,37-,38+,39+,40?,41+,42+/m0/s1. The van der Waals surface area contributed by atoms with Gasteiger partial charge in [0.2, 0.25) is 0 Å². The van der Waals surface area contributed by atoms with Crippen molar-refractivity contribution in [2.45, 2.75) is 55.5 Å². The number of benzene rings is 4. The van der Waals surface area contributed by atoms with Crippen LogP contribution in [0.5, 0.6) is 0 Å². The molecule has 2 heterocycles. The highest BCUT2D eigenvalue weighted by Gasteiger charge is 2.53. The fraction of sp³-hybridized carbons (Fsp3) is 0.429. The Morgan fingerprint density at radius 1 is 0.396 bits per heavy atom. The Balaban J connectivity index is 1.36. The second-order valence-electron chi connectivity index (χ2n) is 13.0. The largest absolute Gasteiger partial charge is 0.378 e. The van der Waals surface area contributed by atoms with E-state index in [1.807, 2.05) is 24.3 Å². The van der Waals surface area contributed by atoms with Gasteiger partial charge in [0.15, 0.2) is 18.9 Å². The van der Waals surface area contributed by atoms with Gasteiger partial charge in [-0.05, 0) is 43.2 Å². The van der Waals surface area contributed by atoms with E-state index in [4.69, 9.17) is 42.6 Å². The maximum Gasteiger partial charge on any atom is 0.189 e. The second-order valence-corrected chi connectivity index (χ2v) is 17.5. The molecule has 2 saturated heterocycles. The Morgan fingerprint density at radius 2 is 0.792 bits per heavy atom. The first-order valence-electron chi connectivity index (χ1n) is 17.9. The quantitative estimate of drug-likeness (QED) is 0.146. The normalized spacial score (nSPS) is 29.1. The van der Waals surface area contributed by atoms with Gasteiger partial charge in [0.25, 0.3) is 0 Å². The topological polar surface area (TPSA) is 83.1 Å². The van der Waals surface area contributed by atoms with Crippen LogP contribution in [0.2, 0.25) is 0 Å². The summed E-state index contributed by atoms with van der Waals surface area (Å²) in [7, 11) is 8.29. The first-order valence-corrected chi connectivity index (χ1v) is 21.0. The molecule has 0 radical (unpaired) electrons. The minimum Gasteiger partial charge on any atom is -0.378 e. The second kappa shape index (κ2) is 19.8. The highest BCUT2D eigenvalue weighted by Crippen LogP contribution is 2.44. The van der Waals surface area contributed by atoms with Crippen LogP contribution in [0.15, 0.2) is 121 Å². The van der Waals surface area contributed by atoms with Crippen LogP contribution in [0.4, 0.5) is 0 Å². The van der Waals surface area contributed by atoms with E-state index in [-0.39, 0.29) is 5.92 Å². The predicted octanol–water partition coefficient (Wildman–Crippen LogP) is 5.01. The van der Waals surface area contributed by atoms with E-state index in [0.717, 1.165) is 0 Å². The SMILES string of the molecule is CO[C@@H]1OC(O[C@H]2O[C@H](CP(c3ccccc3)c3ccccc3)[C@@H](OC)[C@H](OC)[C@H]2OC)[C@@H](CP(c2ccccc2)c2ccccc2)[C@H](OC)[C@H]1OC. The molecule has 2 fully saturated rings. The van der Waals surface area contributed by atoms with E-state index in [9.17, 15) is 0 Å². The molecule has 53 heavy (non-hydrogen) atoms. The van der Waals surface area contributed by atoms with Crippen molar-refractivity contribution in [3.63, 3.8) is 0 Å². The van der Waals surface area contributed by atoms with Gasteiger partial charge in [0, 0.05) is 54.7 Å². The van der Waals surface area contributed by atoms with Gasteiger partial charge < -0.3 is 42.6 Å². The van der Waals surface area contributed by atoms with Crippen LogP contribution < -0.4 is 21.2 Å². The molecule has 0 saturated carbocycles. The van der Waals surface area contributed by atoms with E-state index in [2.05, 4.69) is 97.1 Å². The number of rotatable bonds is 16. The maximum absolute atomic E-state index is 7.02. The van der Waals surface area contributed by atoms with Crippen molar-refractivity contribution in [1.29, 1.82) is 0 Å². The average molecular weight is 763 g/mol. The Labute approximate surface area is 316 Å². The van der Waals surface area contributed by atoms with Crippen molar-refractivity contribution in [3.05, 3.63) is 121 Å². The Hall–Kier alpha value is -2.62. The predicted molar refractivity (Wildman–Crippen MR) is 211 cm³/mol. The molecule has 1 unspecified atom stereocenters.